The maximum atomic E-state index is 13.5. The fourth-order valence-corrected chi connectivity index (χ4v) is 5.24. The lowest BCUT2D eigenvalue weighted by Crippen LogP contribution is -2.50. The Balaban J connectivity index is 2.25. The molecule has 1 atom stereocenters. The third-order valence-corrected chi connectivity index (χ3v) is 7.34. The fraction of sp³-hybridized carbons (Fsp3) is 0.481. The van der Waals surface area contributed by atoms with Gasteiger partial charge in [-0.2, -0.15) is 0 Å². The number of amides is 2. The van der Waals surface area contributed by atoms with Gasteiger partial charge in [-0.1, -0.05) is 36.7 Å². The van der Waals surface area contributed by atoms with Crippen LogP contribution in [0.15, 0.2) is 42.5 Å². The van der Waals surface area contributed by atoms with Gasteiger partial charge in [-0.15, -0.1) is 0 Å². The van der Waals surface area contributed by atoms with E-state index < -0.39 is 16.1 Å². The van der Waals surface area contributed by atoms with Gasteiger partial charge in [0.05, 0.1) is 19.1 Å². The fourth-order valence-electron chi connectivity index (χ4n) is 4.06. The van der Waals surface area contributed by atoms with Crippen molar-refractivity contribution in [2.45, 2.75) is 65.6 Å². The Morgan fingerprint density at radius 2 is 1.76 bits per heavy atom. The average molecular weight is 552 g/mol. The molecule has 0 aliphatic heterocycles. The van der Waals surface area contributed by atoms with Gasteiger partial charge in [0.1, 0.15) is 11.8 Å². The summed E-state index contributed by atoms with van der Waals surface area (Å²) in [6.07, 6.45) is 1.93. The number of anilines is 1. The molecule has 0 aromatic heterocycles. The van der Waals surface area contributed by atoms with E-state index in [1.165, 1.54) is 4.31 Å². The molecule has 0 saturated heterocycles. The monoisotopic (exact) mass is 551 g/mol. The van der Waals surface area contributed by atoms with Crippen LogP contribution in [0.4, 0.5) is 5.69 Å². The predicted molar refractivity (Wildman–Crippen MR) is 149 cm³/mol. The van der Waals surface area contributed by atoms with E-state index in [1.807, 2.05) is 52.0 Å². The molecular formula is C27H38ClN3O5S. The van der Waals surface area contributed by atoms with Crippen molar-refractivity contribution in [1.82, 2.24) is 10.2 Å². The van der Waals surface area contributed by atoms with Gasteiger partial charge in [-0.25, -0.2) is 8.42 Å². The van der Waals surface area contributed by atoms with Gasteiger partial charge in [0.25, 0.3) is 0 Å². The molecule has 2 rings (SSSR count). The highest BCUT2D eigenvalue weighted by molar-refractivity contribution is 7.92. The molecule has 0 fully saturated rings. The first kappa shape index (κ1) is 30.4. The smallest absolute Gasteiger partial charge is 0.243 e. The number of hydrogen-bond acceptors (Lipinski definition) is 5. The van der Waals surface area contributed by atoms with Crippen molar-refractivity contribution in [1.29, 1.82) is 0 Å². The molecule has 0 aliphatic rings. The van der Waals surface area contributed by atoms with Gasteiger partial charge in [-0.05, 0) is 69.0 Å². The predicted octanol–water partition coefficient (Wildman–Crippen LogP) is 4.54. The molecule has 0 heterocycles. The molecule has 10 heteroatoms. The van der Waals surface area contributed by atoms with Gasteiger partial charge in [0, 0.05) is 30.6 Å². The zero-order chi connectivity index (χ0) is 27.8. The first-order valence-corrected chi connectivity index (χ1v) is 14.6. The van der Waals surface area contributed by atoms with Crippen molar-refractivity contribution < 1.29 is 22.7 Å². The highest BCUT2D eigenvalue weighted by Gasteiger charge is 2.29. The molecule has 2 aromatic carbocycles. The number of carbonyl (C=O) groups is 2. The summed E-state index contributed by atoms with van der Waals surface area (Å²) < 4.78 is 31.6. The molecule has 0 radical (unpaired) electrons. The number of nitrogens with one attached hydrogen (secondary N) is 1. The molecule has 37 heavy (non-hydrogen) atoms. The first-order chi connectivity index (χ1) is 17.4. The number of carbonyl (C=O) groups excluding carboxylic acids is 2. The number of rotatable bonds is 13. The van der Waals surface area contributed by atoms with Crippen LogP contribution in [0.2, 0.25) is 5.02 Å². The van der Waals surface area contributed by atoms with Crippen LogP contribution >= 0.6 is 11.6 Å². The summed E-state index contributed by atoms with van der Waals surface area (Å²) in [4.78, 5) is 28.0. The van der Waals surface area contributed by atoms with Crippen molar-refractivity contribution in [3.63, 3.8) is 0 Å². The van der Waals surface area contributed by atoms with Crippen LogP contribution in [-0.2, 0) is 26.2 Å². The largest absolute Gasteiger partial charge is 0.497 e. The zero-order valence-corrected chi connectivity index (χ0v) is 24.0. The van der Waals surface area contributed by atoms with Gasteiger partial charge in [0.15, 0.2) is 0 Å². The van der Waals surface area contributed by atoms with Crippen LogP contribution in [0.25, 0.3) is 0 Å². The quantitative estimate of drug-likeness (QED) is 0.394. The van der Waals surface area contributed by atoms with Crippen molar-refractivity contribution in [3.8, 4) is 5.75 Å². The summed E-state index contributed by atoms with van der Waals surface area (Å²) in [6, 6.07) is 11.7. The molecule has 8 nitrogen and oxygen atoms in total. The van der Waals surface area contributed by atoms with Crippen molar-refractivity contribution in [2.24, 2.45) is 0 Å². The Hall–Kier alpha value is -2.78. The second-order valence-electron chi connectivity index (χ2n) is 9.33. The highest BCUT2D eigenvalue weighted by Crippen LogP contribution is 2.27. The maximum Gasteiger partial charge on any atom is 0.243 e. The molecule has 2 amide bonds. The molecule has 0 bridgehead atoms. The molecule has 0 aliphatic carbocycles. The molecule has 0 saturated carbocycles. The van der Waals surface area contributed by atoms with E-state index in [0.717, 1.165) is 17.4 Å². The Labute approximate surface area is 226 Å². The molecule has 204 valence electrons. The summed E-state index contributed by atoms with van der Waals surface area (Å²) >= 11 is 6.12. The number of benzene rings is 2. The third kappa shape index (κ3) is 8.93. The molecule has 0 spiro atoms. The van der Waals surface area contributed by atoms with E-state index in [4.69, 9.17) is 16.3 Å². The summed E-state index contributed by atoms with van der Waals surface area (Å²) in [5.74, 6) is 0.257. The van der Waals surface area contributed by atoms with E-state index in [2.05, 4.69) is 5.32 Å². The van der Waals surface area contributed by atoms with Crippen LogP contribution in [0, 0.1) is 6.92 Å². The second-order valence-corrected chi connectivity index (χ2v) is 11.7. The molecule has 0 unspecified atom stereocenters. The minimum Gasteiger partial charge on any atom is -0.497 e. The number of nitrogens with zero attached hydrogens (tertiary/aromatic N) is 2. The summed E-state index contributed by atoms with van der Waals surface area (Å²) in [6.45, 7) is 7.78. The zero-order valence-electron chi connectivity index (χ0n) is 22.5. The van der Waals surface area contributed by atoms with E-state index in [9.17, 15) is 18.0 Å². The van der Waals surface area contributed by atoms with Crippen LogP contribution < -0.4 is 14.4 Å². The number of methoxy groups -OCH3 is 1. The van der Waals surface area contributed by atoms with E-state index in [0.29, 0.717) is 22.9 Å². The Kier molecular flexibility index (Phi) is 11.3. The van der Waals surface area contributed by atoms with E-state index >= 15 is 0 Å². The van der Waals surface area contributed by atoms with Crippen molar-refractivity contribution in [3.05, 3.63) is 58.6 Å². The second kappa shape index (κ2) is 13.7. The summed E-state index contributed by atoms with van der Waals surface area (Å²) in [5.41, 5.74) is 2.11. The molecular weight excluding hydrogens is 514 g/mol. The minimum absolute atomic E-state index is 0.0660. The third-order valence-electron chi connectivity index (χ3n) is 5.92. The van der Waals surface area contributed by atoms with Gasteiger partial charge >= 0.3 is 0 Å². The van der Waals surface area contributed by atoms with E-state index in [-0.39, 0.29) is 43.8 Å². The Bertz CT molecular complexity index is 1170. The average Bonchev–Trinajstić information content (AvgIpc) is 2.82. The lowest BCUT2D eigenvalue weighted by Gasteiger charge is -2.31. The Morgan fingerprint density at radius 1 is 1.11 bits per heavy atom. The number of aryl methyl sites for hydroxylation is 1. The van der Waals surface area contributed by atoms with Crippen LogP contribution in [0.5, 0.6) is 5.75 Å². The molecule has 1 N–H and O–H groups in total. The standard InChI is InChI=1S/C27H38ClN3O5S/c1-7-24(27(33)29-19(2)3)30(18-21-11-14-23(36-5)15-12-21)26(32)9-8-16-31(37(6,34)35)25-17-22(28)13-10-20(25)4/h10-15,17,19,24H,7-9,16,18H2,1-6H3,(H,29,33)/t24-/m1/s1. The van der Waals surface area contributed by atoms with Crippen LogP contribution in [-0.4, -0.2) is 57.1 Å². The van der Waals surface area contributed by atoms with Gasteiger partial charge in [-0.3, -0.25) is 13.9 Å². The summed E-state index contributed by atoms with van der Waals surface area (Å²) in [7, 11) is -2.02. The lowest BCUT2D eigenvalue weighted by molar-refractivity contribution is -0.141. The van der Waals surface area contributed by atoms with E-state index in [1.54, 1.807) is 30.2 Å². The van der Waals surface area contributed by atoms with Gasteiger partial charge < -0.3 is 15.0 Å². The number of halogens is 1. The maximum absolute atomic E-state index is 13.5. The number of hydrogen-bond donors (Lipinski definition) is 1. The number of sulfonamides is 1. The van der Waals surface area contributed by atoms with Crippen LogP contribution in [0.3, 0.4) is 0 Å². The molecule has 2 aromatic rings. The topological polar surface area (TPSA) is 96.0 Å². The Morgan fingerprint density at radius 3 is 2.30 bits per heavy atom. The highest BCUT2D eigenvalue weighted by atomic mass is 35.5. The first-order valence-electron chi connectivity index (χ1n) is 12.3. The van der Waals surface area contributed by atoms with Gasteiger partial charge in [0.2, 0.25) is 21.8 Å². The minimum atomic E-state index is -3.60. The van der Waals surface area contributed by atoms with Crippen molar-refractivity contribution >= 4 is 39.1 Å². The van der Waals surface area contributed by atoms with Crippen molar-refractivity contribution in [2.75, 3.05) is 24.2 Å². The number of ether oxygens (including phenoxy) is 1. The SMILES string of the molecule is CC[C@H](C(=O)NC(C)C)N(Cc1ccc(OC)cc1)C(=O)CCCN(c1cc(Cl)ccc1C)S(C)(=O)=O. The summed E-state index contributed by atoms with van der Waals surface area (Å²) in [5, 5.41) is 3.34. The normalized spacial score (nSPS) is 12.2. The van der Waals surface area contributed by atoms with Crippen LogP contribution in [0.1, 0.15) is 51.2 Å². The lowest BCUT2D eigenvalue weighted by atomic mass is 10.1.